The molecule has 3 nitrogen and oxygen atoms in total. The summed E-state index contributed by atoms with van der Waals surface area (Å²) in [5.74, 6) is 0. The molecular formula is C28H19N3. The van der Waals surface area contributed by atoms with Crippen LogP contribution in [-0.4, -0.2) is 14.5 Å². The van der Waals surface area contributed by atoms with Crippen molar-refractivity contribution < 1.29 is 0 Å². The molecule has 0 atom stereocenters. The Morgan fingerprint density at radius 1 is 0.548 bits per heavy atom. The predicted molar refractivity (Wildman–Crippen MR) is 127 cm³/mol. The van der Waals surface area contributed by atoms with Gasteiger partial charge in [-0.05, 0) is 53.1 Å². The number of hydrogen-bond donors (Lipinski definition) is 0. The number of rotatable bonds is 3. The molecule has 31 heavy (non-hydrogen) atoms. The Bertz CT molecular complexity index is 1500. The van der Waals surface area contributed by atoms with Crippen LogP contribution in [0.1, 0.15) is 0 Å². The van der Waals surface area contributed by atoms with Gasteiger partial charge in [0.25, 0.3) is 0 Å². The van der Waals surface area contributed by atoms with Gasteiger partial charge in [-0.15, -0.1) is 0 Å². The van der Waals surface area contributed by atoms with Crippen LogP contribution < -0.4 is 0 Å². The number of benzene rings is 3. The van der Waals surface area contributed by atoms with Crippen LogP contribution in [0.25, 0.3) is 49.9 Å². The van der Waals surface area contributed by atoms with E-state index in [0.717, 1.165) is 27.6 Å². The summed E-state index contributed by atoms with van der Waals surface area (Å²) >= 11 is 0. The van der Waals surface area contributed by atoms with E-state index in [9.17, 15) is 0 Å². The van der Waals surface area contributed by atoms with Gasteiger partial charge in [0.1, 0.15) is 0 Å². The maximum absolute atomic E-state index is 4.78. The smallest absolute Gasteiger partial charge is 0.0969 e. The van der Waals surface area contributed by atoms with Gasteiger partial charge in [-0.2, -0.15) is 0 Å². The van der Waals surface area contributed by atoms with Gasteiger partial charge in [-0.25, -0.2) is 0 Å². The molecule has 0 amide bonds. The van der Waals surface area contributed by atoms with Crippen LogP contribution in [0.3, 0.4) is 0 Å². The third kappa shape index (κ3) is 2.90. The molecule has 0 unspecified atom stereocenters. The third-order valence-electron chi connectivity index (χ3n) is 5.77. The lowest BCUT2D eigenvalue weighted by molar-refractivity contribution is 1.18. The van der Waals surface area contributed by atoms with Crippen molar-refractivity contribution in [3.8, 4) is 27.9 Å². The van der Waals surface area contributed by atoms with E-state index in [1.165, 1.54) is 22.3 Å². The fourth-order valence-corrected chi connectivity index (χ4v) is 4.33. The lowest BCUT2D eigenvalue weighted by Gasteiger charge is -2.11. The topological polar surface area (TPSA) is 30.7 Å². The highest BCUT2D eigenvalue weighted by Gasteiger charge is 2.17. The summed E-state index contributed by atoms with van der Waals surface area (Å²) in [6.07, 6.45) is 5.57. The van der Waals surface area contributed by atoms with Crippen molar-refractivity contribution in [2.45, 2.75) is 0 Å². The summed E-state index contributed by atoms with van der Waals surface area (Å²) < 4.78 is 2.32. The van der Waals surface area contributed by atoms with Gasteiger partial charge >= 0.3 is 0 Å². The average molecular weight is 397 g/mol. The van der Waals surface area contributed by atoms with E-state index in [2.05, 4.69) is 88.4 Å². The second kappa shape index (κ2) is 7.22. The maximum Gasteiger partial charge on any atom is 0.0969 e. The first kappa shape index (κ1) is 17.6. The molecule has 6 aromatic rings. The molecule has 0 spiro atoms. The third-order valence-corrected chi connectivity index (χ3v) is 5.77. The van der Waals surface area contributed by atoms with E-state index in [4.69, 9.17) is 4.98 Å². The summed E-state index contributed by atoms with van der Waals surface area (Å²) in [5.41, 5.74) is 9.14. The number of pyridine rings is 2. The maximum atomic E-state index is 4.78. The van der Waals surface area contributed by atoms with Gasteiger partial charge in [0.05, 0.1) is 16.6 Å². The minimum absolute atomic E-state index is 1.02. The quantitative estimate of drug-likeness (QED) is 0.325. The second-order valence-electron chi connectivity index (χ2n) is 7.56. The summed E-state index contributed by atoms with van der Waals surface area (Å²) in [6, 6.07) is 33.9. The number of fused-ring (bicyclic) bond motifs is 3. The van der Waals surface area contributed by atoms with Crippen molar-refractivity contribution in [3.63, 3.8) is 0 Å². The minimum Gasteiger partial charge on any atom is -0.307 e. The molecule has 146 valence electrons. The van der Waals surface area contributed by atoms with Crippen molar-refractivity contribution in [1.29, 1.82) is 0 Å². The van der Waals surface area contributed by atoms with E-state index in [1.54, 1.807) is 0 Å². The van der Waals surface area contributed by atoms with Crippen LogP contribution in [0.4, 0.5) is 0 Å². The van der Waals surface area contributed by atoms with Crippen LogP contribution in [0.2, 0.25) is 0 Å². The molecule has 0 bridgehead atoms. The molecule has 0 N–H and O–H groups in total. The van der Waals surface area contributed by atoms with Crippen LogP contribution >= 0.6 is 0 Å². The summed E-state index contributed by atoms with van der Waals surface area (Å²) in [6.45, 7) is 0. The Balaban J connectivity index is 1.61. The lowest BCUT2D eigenvalue weighted by Crippen LogP contribution is -1.95. The highest BCUT2D eigenvalue weighted by Crippen LogP contribution is 2.37. The number of nitrogens with zero attached hydrogens (tertiary/aromatic N) is 3. The fraction of sp³-hybridized carbons (Fsp3) is 0. The summed E-state index contributed by atoms with van der Waals surface area (Å²) in [4.78, 5) is 8.90. The van der Waals surface area contributed by atoms with Crippen molar-refractivity contribution in [2.75, 3.05) is 0 Å². The zero-order chi connectivity index (χ0) is 20.6. The van der Waals surface area contributed by atoms with E-state index < -0.39 is 0 Å². The van der Waals surface area contributed by atoms with E-state index >= 15 is 0 Å². The Morgan fingerprint density at radius 2 is 1.23 bits per heavy atom. The Kier molecular flexibility index (Phi) is 4.10. The SMILES string of the molecule is c1ccc(-n2c3ccccc3c3nccc(-c4ccc(-c5ccncc5)cc4)c32)cc1. The zero-order valence-electron chi connectivity index (χ0n) is 16.8. The fourth-order valence-electron chi connectivity index (χ4n) is 4.33. The summed E-state index contributed by atoms with van der Waals surface area (Å²) in [5, 5.41) is 1.16. The highest BCUT2D eigenvalue weighted by atomic mass is 15.0. The summed E-state index contributed by atoms with van der Waals surface area (Å²) in [7, 11) is 0. The molecule has 0 aliphatic carbocycles. The molecule has 0 aliphatic rings. The first-order valence-electron chi connectivity index (χ1n) is 10.3. The minimum atomic E-state index is 1.02. The van der Waals surface area contributed by atoms with Crippen LogP contribution in [-0.2, 0) is 0 Å². The van der Waals surface area contributed by atoms with E-state index in [-0.39, 0.29) is 0 Å². The Hall–Kier alpha value is -4.24. The molecule has 0 fully saturated rings. The van der Waals surface area contributed by atoms with Gasteiger partial charge in [0.15, 0.2) is 0 Å². The monoisotopic (exact) mass is 397 g/mol. The van der Waals surface area contributed by atoms with Crippen molar-refractivity contribution >= 4 is 21.9 Å². The normalized spacial score (nSPS) is 11.2. The largest absolute Gasteiger partial charge is 0.307 e. The molecule has 0 saturated heterocycles. The molecule has 3 heteroatoms. The molecule has 3 heterocycles. The molecule has 0 aliphatic heterocycles. The van der Waals surface area contributed by atoms with Crippen molar-refractivity contribution in [2.24, 2.45) is 0 Å². The molecule has 0 saturated carbocycles. The first-order chi connectivity index (χ1) is 15.4. The van der Waals surface area contributed by atoms with Gasteiger partial charge in [0, 0.05) is 35.2 Å². The standard InChI is InChI=1S/C28H19N3/c1-2-6-23(7-3-1)31-26-9-5-4-8-25(26)27-28(31)24(16-19-30-27)22-12-10-20(11-13-22)21-14-17-29-18-15-21/h1-19H. The molecule has 3 aromatic carbocycles. The van der Waals surface area contributed by atoms with E-state index in [0.29, 0.717) is 0 Å². The molecule has 6 rings (SSSR count). The van der Waals surface area contributed by atoms with Crippen molar-refractivity contribution in [1.82, 2.24) is 14.5 Å². The molecular weight excluding hydrogens is 378 g/mol. The lowest BCUT2D eigenvalue weighted by atomic mass is 10.0. The number of para-hydroxylation sites is 2. The Morgan fingerprint density at radius 3 is 2.03 bits per heavy atom. The number of hydrogen-bond acceptors (Lipinski definition) is 2. The van der Waals surface area contributed by atoms with Crippen LogP contribution in [0.5, 0.6) is 0 Å². The molecule has 0 radical (unpaired) electrons. The second-order valence-corrected chi connectivity index (χ2v) is 7.56. The van der Waals surface area contributed by atoms with Crippen molar-refractivity contribution in [3.05, 3.63) is 116 Å². The Labute approximate surface area is 180 Å². The first-order valence-corrected chi connectivity index (χ1v) is 10.3. The van der Waals surface area contributed by atoms with Gasteiger partial charge < -0.3 is 4.57 Å². The van der Waals surface area contributed by atoms with Gasteiger partial charge in [-0.3, -0.25) is 9.97 Å². The predicted octanol–water partition coefficient (Wildman–Crippen LogP) is 6.91. The zero-order valence-corrected chi connectivity index (χ0v) is 16.8. The van der Waals surface area contributed by atoms with Gasteiger partial charge in [0.2, 0.25) is 0 Å². The van der Waals surface area contributed by atoms with Crippen LogP contribution in [0.15, 0.2) is 116 Å². The number of aromatic nitrogens is 3. The van der Waals surface area contributed by atoms with Crippen LogP contribution in [0, 0.1) is 0 Å². The van der Waals surface area contributed by atoms with Gasteiger partial charge in [-0.1, -0.05) is 60.7 Å². The average Bonchev–Trinajstić information content (AvgIpc) is 3.20. The molecule has 3 aromatic heterocycles. The highest BCUT2D eigenvalue weighted by molar-refractivity contribution is 6.11. The van der Waals surface area contributed by atoms with E-state index in [1.807, 2.05) is 36.8 Å².